The van der Waals surface area contributed by atoms with Crippen molar-refractivity contribution in [1.82, 2.24) is 25.1 Å². The Kier molecular flexibility index (Phi) is 2.62. The zero-order chi connectivity index (χ0) is 13.4. The van der Waals surface area contributed by atoms with E-state index in [0.717, 1.165) is 0 Å². The molecule has 0 bridgehead atoms. The van der Waals surface area contributed by atoms with E-state index in [2.05, 4.69) is 15.5 Å². The first-order chi connectivity index (χ1) is 9.16. The normalized spacial score (nSPS) is 18.2. The van der Waals surface area contributed by atoms with Crippen LogP contribution in [-0.2, 0) is 6.54 Å². The fourth-order valence-corrected chi connectivity index (χ4v) is 2.22. The molecule has 2 heterocycles. The summed E-state index contributed by atoms with van der Waals surface area (Å²) in [5.74, 6) is 0.0706. The zero-order valence-corrected chi connectivity index (χ0v) is 9.77. The summed E-state index contributed by atoms with van der Waals surface area (Å²) in [6, 6.07) is 5.05. The lowest BCUT2D eigenvalue weighted by Crippen LogP contribution is -2.42. The van der Waals surface area contributed by atoms with E-state index in [1.165, 1.54) is 17.0 Å². The van der Waals surface area contributed by atoms with Crippen LogP contribution in [0.1, 0.15) is 17.4 Å². The molecule has 2 aromatic rings. The van der Waals surface area contributed by atoms with Gasteiger partial charge in [-0.25, -0.2) is 13.9 Å². The maximum Gasteiger partial charge on any atom is 0.408 e. The molecular weight excluding hydrogens is 253 g/mol. The number of benzene rings is 1. The predicted octanol–water partition coefficient (Wildman–Crippen LogP) is 0.895. The lowest BCUT2D eigenvalue weighted by Gasteiger charge is -2.32. The number of carbonyl (C=O) groups is 1. The molecule has 0 spiro atoms. The highest BCUT2D eigenvalue weighted by Gasteiger charge is 2.34. The van der Waals surface area contributed by atoms with E-state index in [-0.39, 0.29) is 12.4 Å². The van der Waals surface area contributed by atoms with Crippen molar-refractivity contribution < 1.29 is 14.3 Å². The minimum atomic E-state index is -1.05. The Bertz CT molecular complexity index is 612. The van der Waals surface area contributed by atoms with Crippen LogP contribution in [0.3, 0.4) is 0 Å². The van der Waals surface area contributed by atoms with Crippen LogP contribution < -0.4 is 0 Å². The fraction of sp³-hybridized carbons (Fsp3) is 0.273. The topological polar surface area (TPSA) is 84.1 Å². The Labute approximate surface area is 107 Å². The van der Waals surface area contributed by atoms with Gasteiger partial charge in [-0.1, -0.05) is 12.1 Å². The number of tetrazole rings is 1. The molecule has 1 amide bonds. The number of halogens is 1. The van der Waals surface area contributed by atoms with E-state index in [9.17, 15) is 14.3 Å². The maximum absolute atomic E-state index is 13.0. The summed E-state index contributed by atoms with van der Waals surface area (Å²) in [5.41, 5.74) is 0.638. The van der Waals surface area contributed by atoms with E-state index in [4.69, 9.17) is 0 Å². The number of nitrogens with zero attached hydrogens (tertiary/aromatic N) is 5. The van der Waals surface area contributed by atoms with Gasteiger partial charge in [0.2, 0.25) is 0 Å². The Balaban J connectivity index is 2.08. The third kappa shape index (κ3) is 1.90. The number of aromatic nitrogens is 4. The first-order valence-corrected chi connectivity index (χ1v) is 5.68. The minimum absolute atomic E-state index is 0.287. The highest BCUT2D eigenvalue weighted by Crippen LogP contribution is 2.29. The third-order valence-electron chi connectivity index (χ3n) is 3.10. The second kappa shape index (κ2) is 4.30. The Morgan fingerprint density at radius 3 is 2.74 bits per heavy atom. The summed E-state index contributed by atoms with van der Waals surface area (Å²) in [4.78, 5) is 12.6. The monoisotopic (exact) mass is 263 g/mol. The summed E-state index contributed by atoms with van der Waals surface area (Å²) in [5, 5.41) is 20.5. The van der Waals surface area contributed by atoms with Crippen molar-refractivity contribution in [2.75, 3.05) is 6.54 Å². The van der Waals surface area contributed by atoms with Crippen LogP contribution in [0.15, 0.2) is 24.3 Å². The van der Waals surface area contributed by atoms with Crippen molar-refractivity contribution in [1.29, 1.82) is 0 Å². The summed E-state index contributed by atoms with van der Waals surface area (Å²) in [6.07, 6.45) is -1.05. The van der Waals surface area contributed by atoms with E-state index in [1.807, 2.05) is 0 Å². The molecule has 0 saturated carbocycles. The standard InChI is InChI=1S/C11H10FN5O2/c12-8-3-1-7(2-4-8)9-10-13-14-15-17(10)6-5-16(9)11(18)19/h1-4,9H,5-6H2,(H,18,19). The summed E-state index contributed by atoms with van der Waals surface area (Å²) < 4.78 is 14.5. The van der Waals surface area contributed by atoms with Crippen molar-refractivity contribution in [2.45, 2.75) is 12.6 Å². The molecule has 7 nitrogen and oxygen atoms in total. The second-order valence-electron chi connectivity index (χ2n) is 4.19. The Morgan fingerprint density at radius 2 is 2.05 bits per heavy atom. The molecule has 1 aliphatic heterocycles. The molecule has 1 aromatic heterocycles. The molecular formula is C11H10FN5O2. The van der Waals surface area contributed by atoms with Gasteiger partial charge in [0.1, 0.15) is 11.9 Å². The fourth-order valence-electron chi connectivity index (χ4n) is 2.22. The molecule has 0 aliphatic carbocycles. The summed E-state index contributed by atoms with van der Waals surface area (Å²) in [6.45, 7) is 0.696. The SMILES string of the molecule is O=C(O)N1CCn2nnnc2C1c1ccc(F)cc1. The average Bonchev–Trinajstić information content (AvgIpc) is 2.86. The van der Waals surface area contributed by atoms with Crippen LogP contribution in [0.25, 0.3) is 0 Å². The molecule has 8 heteroatoms. The highest BCUT2D eigenvalue weighted by atomic mass is 19.1. The smallest absolute Gasteiger partial charge is 0.408 e. The Morgan fingerprint density at radius 1 is 1.32 bits per heavy atom. The van der Waals surface area contributed by atoms with Crippen LogP contribution in [-0.4, -0.2) is 42.9 Å². The van der Waals surface area contributed by atoms with Gasteiger partial charge in [0.15, 0.2) is 5.82 Å². The van der Waals surface area contributed by atoms with Gasteiger partial charge in [-0.15, -0.1) is 5.10 Å². The molecule has 0 radical (unpaired) electrons. The van der Waals surface area contributed by atoms with Crippen LogP contribution in [0.4, 0.5) is 9.18 Å². The van der Waals surface area contributed by atoms with Crippen molar-refractivity contribution in [3.63, 3.8) is 0 Å². The Hall–Kier alpha value is -2.51. The average molecular weight is 263 g/mol. The van der Waals surface area contributed by atoms with Crippen molar-refractivity contribution >= 4 is 6.09 Å². The number of amides is 1. The quantitative estimate of drug-likeness (QED) is 0.826. The van der Waals surface area contributed by atoms with Gasteiger partial charge < -0.3 is 5.11 Å². The second-order valence-corrected chi connectivity index (χ2v) is 4.19. The number of hydrogen-bond donors (Lipinski definition) is 1. The number of carboxylic acid groups (broad SMARTS) is 1. The van der Waals surface area contributed by atoms with Crippen molar-refractivity contribution in [2.24, 2.45) is 0 Å². The third-order valence-corrected chi connectivity index (χ3v) is 3.10. The summed E-state index contributed by atoms with van der Waals surface area (Å²) in [7, 11) is 0. The molecule has 3 rings (SSSR count). The molecule has 19 heavy (non-hydrogen) atoms. The first kappa shape index (κ1) is 11.6. The minimum Gasteiger partial charge on any atom is -0.465 e. The van der Waals surface area contributed by atoms with Crippen LogP contribution in [0.2, 0.25) is 0 Å². The van der Waals surface area contributed by atoms with Crippen molar-refractivity contribution in [3.8, 4) is 0 Å². The molecule has 98 valence electrons. The highest BCUT2D eigenvalue weighted by molar-refractivity contribution is 5.66. The molecule has 0 fully saturated rings. The van der Waals surface area contributed by atoms with E-state index < -0.39 is 12.1 Å². The van der Waals surface area contributed by atoms with Gasteiger partial charge in [-0.2, -0.15) is 0 Å². The molecule has 1 atom stereocenters. The number of hydrogen-bond acceptors (Lipinski definition) is 4. The van der Waals surface area contributed by atoms with Crippen LogP contribution >= 0.6 is 0 Å². The van der Waals surface area contributed by atoms with Gasteiger partial charge in [0.25, 0.3) is 0 Å². The molecule has 1 unspecified atom stereocenters. The van der Waals surface area contributed by atoms with E-state index >= 15 is 0 Å². The molecule has 1 aliphatic rings. The number of rotatable bonds is 1. The lowest BCUT2D eigenvalue weighted by atomic mass is 10.0. The molecule has 1 N–H and O–H groups in total. The van der Waals surface area contributed by atoms with Gasteiger partial charge in [-0.3, -0.25) is 4.90 Å². The predicted molar refractivity (Wildman–Crippen MR) is 60.8 cm³/mol. The van der Waals surface area contributed by atoms with Crippen molar-refractivity contribution in [3.05, 3.63) is 41.5 Å². The van der Waals surface area contributed by atoms with Crippen LogP contribution in [0.5, 0.6) is 0 Å². The van der Waals surface area contributed by atoms with E-state index in [1.54, 1.807) is 16.8 Å². The first-order valence-electron chi connectivity index (χ1n) is 5.68. The summed E-state index contributed by atoms with van der Waals surface area (Å²) >= 11 is 0. The van der Waals surface area contributed by atoms with Gasteiger partial charge >= 0.3 is 6.09 Å². The maximum atomic E-state index is 13.0. The van der Waals surface area contributed by atoms with E-state index in [0.29, 0.717) is 17.9 Å². The van der Waals surface area contributed by atoms with Gasteiger partial charge in [0, 0.05) is 6.54 Å². The number of fused-ring (bicyclic) bond motifs is 1. The molecule has 1 aromatic carbocycles. The van der Waals surface area contributed by atoms with Gasteiger partial charge in [-0.05, 0) is 28.1 Å². The zero-order valence-electron chi connectivity index (χ0n) is 9.77. The largest absolute Gasteiger partial charge is 0.465 e. The molecule has 0 saturated heterocycles. The lowest BCUT2D eigenvalue weighted by molar-refractivity contribution is 0.117. The van der Waals surface area contributed by atoms with Crippen LogP contribution in [0, 0.1) is 5.82 Å². The van der Waals surface area contributed by atoms with Gasteiger partial charge in [0.05, 0.1) is 6.54 Å².